The predicted molar refractivity (Wildman–Crippen MR) is 131 cm³/mol. The SMILES string of the molecule is Cc1ccc(C)c(Sc2ccc(NC(=O)CN(Cc3ccco3)[C@H]3CCS(=O)(=O)C3)cc2)c1. The first-order valence-corrected chi connectivity index (χ1v) is 13.5. The highest BCUT2D eigenvalue weighted by Crippen LogP contribution is 2.31. The molecule has 0 spiro atoms. The number of hydrogen-bond acceptors (Lipinski definition) is 6. The number of nitrogens with zero attached hydrogens (tertiary/aromatic N) is 1. The van der Waals surface area contributed by atoms with Crippen molar-refractivity contribution in [3.8, 4) is 0 Å². The number of anilines is 1. The van der Waals surface area contributed by atoms with Crippen molar-refractivity contribution in [2.45, 2.75) is 42.6 Å². The number of aryl methyl sites for hydroxylation is 2. The molecule has 1 aromatic heterocycles. The molecule has 6 nitrogen and oxygen atoms in total. The summed E-state index contributed by atoms with van der Waals surface area (Å²) in [6, 6.07) is 17.6. The highest BCUT2D eigenvalue weighted by molar-refractivity contribution is 7.99. The van der Waals surface area contributed by atoms with E-state index in [4.69, 9.17) is 4.42 Å². The number of carbonyl (C=O) groups is 1. The number of amides is 1. The zero-order valence-electron chi connectivity index (χ0n) is 18.8. The third-order valence-electron chi connectivity index (χ3n) is 5.72. The zero-order chi connectivity index (χ0) is 23.4. The van der Waals surface area contributed by atoms with Crippen molar-refractivity contribution in [1.29, 1.82) is 0 Å². The van der Waals surface area contributed by atoms with Gasteiger partial charge in [0.15, 0.2) is 9.84 Å². The minimum absolute atomic E-state index is 0.0747. The molecule has 2 aromatic carbocycles. The van der Waals surface area contributed by atoms with Crippen LogP contribution in [0.25, 0.3) is 0 Å². The molecule has 4 rings (SSSR count). The van der Waals surface area contributed by atoms with Gasteiger partial charge in [0.2, 0.25) is 5.91 Å². The Bertz CT molecular complexity index is 1210. The fraction of sp³-hybridized carbons (Fsp3) is 0.320. The molecule has 33 heavy (non-hydrogen) atoms. The van der Waals surface area contributed by atoms with E-state index in [-0.39, 0.29) is 30.0 Å². The molecule has 0 bridgehead atoms. The van der Waals surface area contributed by atoms with Crippen LogP contribution in [-0.4, -0.2) is 43.3 Å². The molecule has 8 heteroatoms. The van der Waals surface area contributed by atoms with E-state index in [1.54, 1.807) is 24.1 Å². The summed E-state index contributed by atoms with van der Waals surface area (Å²) in [7, 11) is -3.06. The van der Waals surface area contributed by atoms with Crippen molar-refractivity contribution < 1.29 is 17.6 Å². The second-order valence-corrected chi connectivity index (χ2v) is 11.8. The summed E-state index contributed by atoms with van der Waals surface area (Å²) in [5.74, 6) is 0.763. The topological polar surface area (TPSA) is 79.6 Å². The van der Waals surface area contributed by atoms with Gasteiger partial charge in [-0.05, 0) is 73.9 Å². The van der Waals surface area contributed by atoms with E-state index < -0.39 is 9.84 Å². The molecular formula is C25H28N2O4S2. The van der Waals surface area contributed by atoms with Crippen molar-refractivity contribution in [2.75, 3.05) is 23.4 Å². The van der Waals surface area contributed by atoms with Crippen molar-refractivity contribution in [2.24, 2.45) is 0 Å². The number of rotatable bonds is 8. The maximum Gasteiger partial charge on any atom is 0.238 e. The second kappa shape index (κ2) is 10.2. The van der Waals surface area contributed by atoms with E-state index in [2.05, 4.69) is 37.4 Å². The minimum Gasteiger partial charge on any atom is -0.468 e. The smallest absolute Gasteiger partial charge is 0.238 e. The van der Waals surface area contributed by atoms with Gasteiger partial charge in [0, 0.05) is 21.5 Å². The summed E-state index contributed by atoms with van der Waals surface area (Å²) < 4.78 is 29.4. The van der Waals surface area contributed by atoms with Crippen molar-refractivity contribution in [3.05, 3.63) is 77.7 Å². The van der Waals surface area contributed by atoms with Crippen molar-refractivity contribution in [3.63, 3.8) is 0 Å². The Kier molecular flexibility index (Phi) is 7.26. The lowest BCUT2D eigenvalue weighted by Gasteiger charge is -2.26. The normalized spacial score (nSPS) is 17.4. The molecule has 0 radical (unpaired) electrons. The van der Waals surface area contributed by atoms with Crippen LogP contribution >= 0.6 is 11.8 Å². The maximum atomic E-state index is 12.8. The van der Waals surface area contributed by atoms with Gasteiger partial charge in [0.05, 0.1) is 30.9 Å². The van der Waals surface area contributed by atoms with Crippen LogP contribution in [-0.2, 0) is 21.2 Å². The Balaban J connectivity index is 1.39. The first-order valence-electron chi connectivity index (χ1n) is 10.9. The summed E-state index contributed by atoms with van der Waals surface area (Å²) in [5.41, 5.74) is 3.16. The van der Waals surface area contributed by atoms with Gasteiger partial charge >= 0.3 is 0 Å². The average Bonchev–Trinajstić information content (AvgIpc) is 3.41. The molecule has 174 valence electrons. The summed E-state index contributed by atoms with van der Waals surface area (Å²) in [4.78, 5) is 17.0. The van der Waals surface area contributed by atoms with Crippen LogP contribution in [0.4, 0.5) is 5.69 Å². The third-order valence-corrected chi connectivity index (χ3v) is 8.64. The van der Waals surface area contributed by atoms with E-state index in [0.29, 0.717) is 24.4 Å². The molecule has 0 unspecified atom stereocenters. The monoisotopic (exact) mass is 484 g/mol. The summed E-state index contributed by atoms with van der Waals surface area (Å²) in [6.07, 6.45) is 2.11. The largest absolute Gasteiger partial charge is 0.468 e. The van der Waals surface area contributed by atoms with Crippen molar-refractivity contribution in [1.82, 2.24) is 4.90 Å². The van der Waals surface area contributed by atoms with Gasteiger partial charge in [-0.1, -0.05) is 23.9 Å². The molecule has 0 aliphatic carbocycles. The van der Waals surface area contributed by atoms with E-state index in [0.717, 1.165) is 4.90 Å². The van der Waals surface area contributed by atoms with Crippen LogP contribution in [0.15, 0.2) is 75.1 Å². The first-order chi connectivity index (χ1) is 15.8. The highest BCUT2D eigenvalue weighted by atomic mass is 32.2. The van der Waals surface area contributed by atoms with Gasteiger partial charge in [-0.3, -0.25) is 9.69 Å². The fourth-order valence-corrected chi connectivity index (χ4v) is 6.68. The maximum absolute atomic E-state index is 12.8. The van der Waals surface area contributed by atoms with Gasteiger partial charge in [-0.15, -0.1) is 0 Å². The second-order valence-electron chi connectivity index (χ2n) is 8.48. The van der Waals surface area contributed by atoms with Crippen LogP contribution in [0.1, 0.15) is 23.3 Å². The Labute approximate surface area is 199 Å². The third kappa shape index (κ3) is 6.50. The molecule has 1 amide bonds. The molecule has 1 fully saturated rings. The number of carbonyl (C=O) groups excluding carboxylic acids is 1. The Morgan fingerprint density at radius 2 is 1.94 bits per heavy atom. The molecule has 1 atom stereocenters. The lowest BCUT2D eigenvalue weighted by molar-refractivity contribution is -0.118. The first kappa shape index (κ1) is 23.6. The van der Waals surface area contributed by atoms with Gasteiger partial charge in [-0.2, -0.15) is 0 Å². The average molecular weight is 485 g/mol. The highest BCUT2D eigenvalue weighted by Gasteiger charge is 2.33. The van der Waals surface area contributed by atoms with E-state index in [9.17, 15) is 13.2 Å². The predicted octanol–water partition coefficient (Wildman–Crippen LogP) is 4.68. The van der Waals surface area contributed by atoms with Crippen LogP contribution < -0.4 is 5.32 Å². The standard InChI is InChI=1S/C25H28N2O4S2/c1-18-5-6-19(2)24(14-18)32-23-9-7-20(8-10-23)26-25(28)16-27(15-22-4-3-12-31-22)21-11-13-33(29,30)17-21/h3-10,12,14,21H,11,13,15-17H2,1-2H3,(H,26,28)/t21-/m0/s1. The lowest BCUT2D eigenvalue weighted by Crippen LogP contribution is -2.41. The Morgan fingerprint density at radius 3 is 2.61 bits per heavy atom. The molecule has 1 aliphatic heterocycles. The van der Waals surface area contributed by atoms with E-state index in [1.807, 2.05) is 35.2 Å². The molecule has 1 saturated heterocycles. The lowest BCUT2D eigenvalue weighted by atomic mass is 10.2. The minimum atomic E-state index is -3.06. The zero-order valence-corrected chi connectivity index (χ0v) is 20.4. The molecular weight excluding hydrogens is 456 g/mol. The van der Waals surface area contributed by atoms with Crippen molar-refractivity contribution >= 4 is 33.2 Å². The van der Waals surface area contributed by atoms with Crippen LogP contribution in [0, 0.1) is 13.8 Å². The van der Waals surface area contributed by atoms with Crippen LogP contribution in [0.3, 0.4) is 0 Å². The number of nitrogens with one attached hydrogen (secondary N) is 1. The number of benzene rings is 2. The molecule has 0 saturated carbocycles. The molecule has 2 heterocycles. The Hall–Kier alpha value is -2.55. The van der Waals surface area contributed by atoms with Gasteiger partial charge < -0.3 is 9.73 Å². The van der Waals surface area contributed by atoms with Crippen LogP contribution in [0.5, 0.6) is 0 Å². The number of sulfone groups is 1. The van der Waals surface area contributed by atoms with E-state index in [1.165, 1.54) is 16.0 Å². The van der Waals surface area contributed by atoms with Gasteiger partial charge in [-0.25, -0.2) is 8.42 Å². The number of hydrogen-bond donors (Lipinski definition) is 1. The van der Waals surface area contributed by atoms with E-state index >= 15 is 0 Å². The summed E-state index contributed by atoms with van der Waals surface area (Å²) in [5, 5.41) is 2.94. The Morgan fingerprint density at radius 1 is 1.15 bits per heavy atom. The summed E-state index contributed by atoms with van der Waals surface area (Å²) >= 11 is 1.70. The fourth-order valence-electron chi connectivity index (χ4n) is 3.92. The molecule has 3 aromatic rings. The molecule has 1 N–H and O–H groups in total. The van der Waals surface area contributed by atoms with Crippen LogP contribution in [0.2, 0.25) is 0 Å². The molecule has 1 aliphatic rings. The van der Waals surface area contributed by atoms with Gasteiger partial charge in [0.25, 0.3) is 0 Å². The van der Waals surface area contributed by atoms with Gasteiger partial charge in [0.1, 0.15) is 5.76 Å². The quantitative estimate of drug-likeness (QED) is 0.500. The number of furan rings is 1. The summed E-state index contributed by atoms with van der Waals surface area (Å²) in [6.45, 7) is 4.67.